The van der Waals surface area contributed by atoms with Crippen molar-refractivity contribution in [3.8, 4) is 0 Å². The molecule has 6 heteroatoms. The fourth-order valence-electron chi connectivity index (χ4n) is 3.02. The molecular formula is C20H13F3N2O. The van der Waals surface area contributed by atoms with Gasteiger partial charge in [-0.2, -0.15) is 13.2 Å². The predicted molar refractivity (Wildman–Crippen MR) is 92.3 cm³/mol. The normalized spacial score (nSPS) is 12.0. The number of imidazole rings is 1. The van der Waals surface area contributed by atoms with Gasteiger partial charge in [0, 0.05) is 5.56 Å². The van der Waals surface area contributed by atoms with Gasteiger partial charge in [0.2, 0.25) is 0 Å². The lowest BCUT2D eigenvalue weighted by molar-refractivity contribution is -0.141. The molecule has 0 bridgehead atoms. The van der Waals surface area contributed by atoms with Crippen molar-refractivity contribution in [2.75, 3.05) is 0 Å². The third-order valence-electron chi connectivity index (χ3n) is 4.30. The molecule has 0 spiro atoms. The van der Waals surface area contributed by atoms with Crippen molar-refractivity contribution in [2.45, 2.75) is 13.1 Å². The molecule has 0 atom stereocenters. The molecule has 3 nitrogen and oxygen atoms in total. The summed E-state index contributed by atoms with van der Waals surface area (Å²) < 4.78 is 41.5. The molecule has 0 saturated heterocycles. The maximum absolute atomic E-state index is 13.5. The number of ketones is 1. The van der Waals surface area contributed by atoms with E-state index in [1.807, 2.05) is 6.92 Å². The van der Waals surface area contributed by atoms with Gasteiger partial charge in [-0.25, -0.2) is 4.98 Å². The molecule has 130 valence electrons. The number of carbonyl (C=O) groups excluding carboxylic acids is 1. The van der Waals surface area contributed by atoms with Crippen LogP contribution in [0.4, 0.5) is 13.2 Å². The quantitative estimate of drug-likeness (QED) is 0.472. The SMILES string of the molecule is Cc1ccc(C(=O)c2ccc(C(F)(F)F)n3c2nc2ccccc23)cc1. The third kappa shape index (κ3) is 2.54. The number of aromatic nitrogens is 2. The van der Waals surface area contributed by atoms with Gasteiger partial charge >= 0.3 is 6.18 Å². The van der Waals surface area contributed by atoms with Gasteiger partial charge in [0.15, 0.2) is 5.78 Å². The summed E-state index contributed by atoms with van der Waals surface area (Å²) in [7, 11) is 0. The van der Waals surface area contributed by atoms with E-state index in [0.717, 1.165) is 16.0 Å². The van der Waals surface area contributed by atoms with Crippen LogP contribution in [0.15, 0.2) is 60.7 Å². The van der Waals surface area contributed by atoms with Crippen LogP contribution in [-0.4, -0.2) is 15.2 Å². The molecule has 2 aromatic carbocycles. The second-order valence-electron chi connectivity index (χ2n) is 6.08. The Balaban J connectivity index is 2.03. The van der Waals surface area contributed by atoms with Crippen LogP contribution in [0.5, 0.6) is 0 Å². The number of rotatable bonds is 2. The van der Waals surface area contributed by atoms with Crippen LogP contribution >= 0.6 is 0 Å². The van der Waals surface area contributed by atoms with Crippen LogP contribution in [-0.2, 0) is 6.18 Å². The van der Waals surface area contributed by atoms with Crippen molar-refractivity contribution in [1.82, 2.24) is 9.38 Å². The highest BCUT2D eigenvalue weighted by molar-refractivity contribution is 6.13. The van der Waals surface area contributed by atoms with Gasteiger partial charge in [-0.15, -0.1) is 0 Å². The molecule has 0 radical (unpaired) electrons. The maximum Gasteiger partial charge on any atom is 0.431 e. The van der Waals surface area contributed by atoms with E-state index < -0.39 is 11.9 Å². The van der Waals surface area contributed by atoms with E-state index in [1.165, 1.54) is 6.07 Å². The van der Waals surface area contributed by atoms with E-state index in [0.29, 0.717) is 16.6 Å². The topological polar surface area (TPSA) is 34.4 Å². The standard InChI is InChI=1S/C20H13F3N2O/c1-12-6-8-13(9-7-12)18(26)14-10-11-17(20(21,22)23)25-16-5-3-2-4-15(16)24-19(14)25/h2-11H,1H3. The van der Waals surface area contributed by atoms with Crippen molar-refractivity contribution in [3.63, 3.8) is 0 Å². The Hall–Kier alpha value is -3.15. The minimum atomic E-state index is -4.56. The summed E-state index contributed by atoms with van der Waals surface area (Å²) in [5, 5.41) is 0. The molecule has 4 rings (SSSR count). The van der Waals surface area contributed by atoms with Crippen LogP contribution in [0, 0.1) is 6.92 Å². The molecule has 0 aliphatic heterocycles. The Bertz CT molecular complexity index is 1140. The van der Waals surface area contributed by atoms with E-state index in [-0.39, 0.29) is 17.0 Å². The first kappa shape index (κ1) is 16.3. The summed E-state index contributed by atoms with van der Waals surface area (Å²) in [5.41, 5.74) is 1.40. The number of para-hydroxylation sites is 2. The Morgan fingerprint density at radius 3 is 2.35 bits per heavy atom. The average molecular weight is 354 g/mol. The predicted octanol–water partition coefficient (Wildman–Crippen LogP) is 5.05. The fourth-order valence-corrected chi connectivity index (χ4v) is 3.02. The number of pyridine rings is 1. The molecule has 26 heavy (non-hydrogen) atoms. The second kappa shape index (κ2) is 5.69. The van der Waals surface area contributed by atoms with Crippen LogP contribution in [0.2, 0.25) is 0 Å². The number of carbonyl (C=O) groups is 1. The fraction of sp³-hybridized carbons (Fsp3) is 0.100. The molecule has 0 aliphatic rings. The third-order valence-corrected chi connectivity index (χ3v) is 4.30. The van der Waals surface area contributed by atoms with Gasteiger partial charge in [-0.3, -0.25) is 9.20 Å². The van der Waals surface area contributed by atoms with Crippen molar-refractivity contribution < 1.29 is 18.0 Å². The molecule has 0 fully saturated rings. The van der Waals surface area contributed by atoms with E-state index in [4.69, 9.17) is 0 Å². The molecule has 0 unspecified atom stereocenters. The Morgan fingerprint density at radius 2 is 1.65 bits per heavy atom. The molecule has 0 saturated carbocycles. The summed E-state index contributed by atoms with van der Waals surface area (Å²) in [6, 6.07) is 15.6. The summed E-state index contributed by atoms with van der Waals surface area (Å²) >= 11 is 0. The summed E-state index contributed by atoms with van der Waals surface area (Å²) in [4.78, 5) is 17.2. The Labute approximate surface area is 146 Å². The van der Waals surface area contributed by atoms with Gasteiger partial charge in [0.1, 0.15) is 11.3 Å². The molecule has 0 aliphatic carbocycles. The van der Waals surface area contributed by atoms with E-state index in [9.17, 15) is 18.0 Å². The lowest BCUT2D eigenvalue weighted by Gasteiger charge is -2.12. The first-order chi connectivity index (χ1) is 12.4. The summed E-state index contributed by atoms with van der Waals surface area (Å²) in [5.74, 6) is -0.362. The average Bonchev–Trinajstić information content (AvgIpc) is 2.99. The molecule has 2 aromatic heterocycles. The van der Waals surface area contributed by atoms with Crippen LogP contribution in [0.3, 0.4) is 0 Å². The lowest BCUT2D eigenvalue weighted by atomic mass is 10.0. The molecule has 4 aromatic rings. The summed E-state index contributed by atoms with van der Waals surface area (Å²) in [6.07, 6.45) is -4.56. The van der Waals surface area contributed by atoms with Crippen molar-refractivity contribution in [1.29, 1.82) is 0 Å². The minimum absolute atomic E-state index is 0.00611. The number of alkyl halides is 3. The van der Waals surface area contributed by atoms with Crippen LogP contribution < -0.4 is 0 Å². The number of hydrogen-bond donors (Lipinski definition) is 0. The zero-order valence-electron chi connectivity index (χ0n) is 13.7. The number of benzene rings is 2. The number of hydrogen-bond acceptors (Lipinski definition) is 2. The van der Waals surface area contributed by atoms with Crippen molar-refractivity contribution in [3.05, 3.63) is 83.0 Å². The van der Waals surface area contributed by atoms with Gasteiger partial charge in [0.05, 0.1) is 16.6 Å². The number of aryl methyl sites for hydroxylation is 1. The van der Waals surface area contributed by atoms with Gasteiger partial charge < -0.3 is 0 Å². The minimum Gasteiger partial charge on any atom is -0.288 e. The lowest BCUT2D eigenvalue weighted by Crippen LogP contribution is -2.14. The highest BCUT2D eigenvalue weighted by atomic mass is 19.4. The van der Waals surface area contributed by atoms with E-state index in [2.05, 4.69) is 4.98 Å². The van der Waals surface area contributed by atoms with Gasteiger partial charge in [0.25, 0.3) is 0 Å². The highest BCUT2D eigenvalue weighted by Crippen LogP contribution is 2.33. The Morgan fingerprint density at radius 1 is 0.962 bits per heavy atom. The van der Waals surface area contributed by atoms with Crippen LogP contribution in [0.25, 0.3) is 16.7 Å². The monoisotopic (exact) mass is 354 g/mol. The van der Waals surface area contributed by atoms with Crippen LogP contribution in [0.1, 0.15) is 27.2 Å². The maximum atomic E-state index is 13.5. The smallest absolute Gasteiger partial charge is 0.288 e. The number of halogens is 3. The zero-order valence-corrected chi connectivity index (χ0v) is 13.7. The first-order valence-electron chi connectivity index (χ1n) is 7.95. The zero-order chi connectivity index (χ0) is 18.5. The van der Waals surface area contributed by atoms with Crippen molar-refractivity contribution in [2.24, 2.45) is 0 Å². The van der Waals surface area contributed by atoms with Crippen molar-refractivity contribution >= 4 is 22.5 Å². The Kier molecular flexibility index (Phi) is 3.57. The first-order valence-corrected chi connectivity index (χ1v) is 7.95. The number of fused-ring (bicyclic) bond motifs is 3. The highest BCUT2D eigenvalue weighted by Gasteiger charge is 2.35. The van der Waals surface area contributed by atoms with Gasteiger partial charge in [-0.05, 0) is 31.2 Å². The van der Waals surface area contributed by atoms with Gasteiger partial charge in [-0.1, -0.05) is 42.0 Å². The van der Waals surface area contributed by atoms with E-state index in [1.54, 1.807) is 48.5 Å². The molecule has 0 N–H and O–H groups in total. The molecule has 0 amide bonds. The number of nitrogens with zero attached hydrogens (tertiary/aromatic N) is 2. The van der Waals surface area contributed by atoms with E-state index >= 15 is 0 Å². The molecular weight excluding hydrogens is 341 g/mol. The summed E-state index contributed by atoms with van der Waals surface area (Å²) in [6.45, 7) is 1.89. The molecule has 2 heterocycles. The largest absolute Gasteiger partial charge is 0.431 e. The second-order valence-corrected chi connectivity index (χ2v) is 6.08.